The Kier molecular flexibility index (Phi) is 4.00. The number of carbonyl (C=O) groups excluding carboxylic acids is 1. The van der Waals surface area contributed by atoms with Crippen LogP contribution in [0.15, 0.2) is 42.5 Å². The predicted octanol–water partition coefficient (Wildman–Crippen LogP) is 3.96. The molecule has 1 N–H and O–H groups in total. The van der Waals surface area contributed by atoms with E-state index in [4.69, 9.17) is 0 Å². The molecule has 0 radical (unpaired) electrons. The van der Waals surface area contributed by atoms with Crippen molar-refractivity contribution in [2.75, 3.05) is 5.32 Å². The SMILES string of the molecule is Cc1nc(-c2cccc(C(=O)Nc3cccc4c3nnn4C)c2)c(C)s1. The molecule has 0 unspecified atom stereocenters. The summed E-state index contributed by atoms with van der Waals surface area (Å²) in [7, 11) is 1.82. The molecule has 0 fully saturated rings. The zero-order valence-electron chi connectivity index (χ0n) is 14.6. The monoisotopic (exact) mass is 363 g/mol. The third kappa shape index (κ3) is 2.86. The number of hydrogen-bond donors (Lipinski definition) is 1. The summed E-state index contributed by atoms with van der Waals surface area (Å²) in [5.74, 6) is -0.186. The van der Waals surface area contributed by atoms with Gasteiger partial charge in [0, 0.05) is 23.1 Å². The van der Waals surface area contributed by atoms with Crippen molar-refractivity contribution < 1.29 is 4.79 Å². The molecule has 130 valence electrons. The molecule has 6 nitrogen and oxygen atoms in total. The maximum Gasteiger partial charge on any atom is 0.255 e. The molecule has 2 aromatic carbocycles. The highest BCUT2D eigenvalue weighted by atomic mass is 32.1. The van der Waals surface area contributed by atoms with Crippen LogP contribution in [-0.2, 0) is 7.05 Å². The molecule has 7 heteroatoms. The minimum Gasteiger partial charge on any atom is -0.320 e. The fraction of sp³-hybridized carbons (Fsp3) is 0.158. The topological polar surface area (TPSA) is 72.7 Å². The Labute approximate surface area is 154 Å². The molecule has 0 atom stereocenters. The van der Waals surface area contributed by atoms with Gasteiger partial charge in [-0.1, -0.05) is 23.4 Å². The largest absolute Gasteiger partial charge is 0.320 e. The lowest BCUT2D eigenvalue weighted by molar-refractivity contribution is 0.102. The Bertz CT molecular complexity index is 1130. The Morgan fingerprint density at radius 1 is 1.15 bits per heavy atom. The molecule has 4 rings (SSSR count). The first kappa shape index (κ1) is 16.4. The van der Waals surface area contributed by atoms with Crippen LogP contribution < -0.4 is 5.32 Å². The second-order valence-electron chi connectivity index (χ2n) is 6.06. The molecule has 1 amide bonds. The van der Waals surface area contributed by atoms with Gasteiger partial charge in [0.1, 0.15) is 5.52 Å². The first-order valence-corrected chi connectivity index (χ1v) is 8.99. The molecule has 0 saturated carbocycles. The number of nitrogens with one attached hydrogen (secondary N) is 1. The molecular weight excluding hydrogens is 346 g/mol. The molecule has 2 aromatic heterocycles. The molecule has 4 aromatic rings. The number of anilines is 1. The van der Waals surface area contributed by atoms with Gasteiger partial charge in [-0.3, -0.25) is 4.79 Å². The lowest BCUT2D eigenvalue weighted by atomic mass is 10.1. The molecule has 0 aliphatic rings. The Balaban J connectivity index is 1.66. The third-order valence-corrected chi connectivity index (χ3v) is 5.08. The Morgan fingerprint density at radius 2 is 1.96 bits per heavy atom. The summed E-state index contributed by atoms with van der Waals surface area (Å²) in [5, 5.41) is 12.1. The Morgan fingerprint density at radius 3 is 2.73 bits per heavy atom. The molecular formula is C19H17N5OS. The van der Waals surface area contributed by atoms with E-state index < -0.39 is 0 Å². The predicted molar refractivity (Wildman–Crippen MR) is 103 cm³/mol. The summed E-state index contributed by atoms with van der Waals surface area (Å²) < 4.78 is 1.68. The first-order valence-electron chi connectivity index (χ1n) is 8.17. The first-order chi connectivity index (χ1) is 12.5. The number of aromatic nitrogens is 4. The van der Waals surface area contributed by atoms with Gasteiger partial charge in [0.25, 0.3) is 5.91 Å². The summed E-state index contributed by atoms with van der Waals surface area (Å²) >= 11 is 1.66. The number of fused-ring (bicyclic) bond motifs is 1. The van der Waals surface area contributed by atoms with Crippen molar-refractivity contribution in [1.82, 2.24) is 20.0 Å². The van der Waals surface area contributed by atoms with Crippen molar-refractivity contribution in [3.63, 3.8) is 0 Å². The summed E-state index contributed by atoms with van der Waals surface area (Å²) in [4.78, 5) is 18.5. The molecule has 0 spiro atoms. The quantitative estimate of drug-likeness (QED) is 0.598. The third-order valence-electron chi connectivity index (χ3n) is 4.19. The Hall–Kier alpha value is -3.06. The lowest BCUT2D eigenvalue weighted by Crippen LogP contribution is -2.12. The van der Waals surface area contributed by atoms with Crippen molar-refractivity contribution in [3.8, 4) is 11.3 Å². The smallest absolute Gasteiger partial charge is 0.255 e. The van der Waals surface area contributed by atoms with E-state index in [1.807, 2.05) is 57.3 Å². The van der Waals surface area contributed by atoms with E-state index in [0.29, 0.717) is 16.8 Å². The van der Waals surface area contributed by atoms with Crippen molar-refractivity contribution >= 4 is 34.0 Å². The summed E-state index contributed by atoms with van der Waals surface area (Å²) in [6.07, 6.45) is 0. The minimum absolute atomic E-state index is 0.186. The second-order valence-corrected chi connectivity index (χ2v) is 7.47. The van der Waals surface area contributed by atoms with Crippen molar-refractivity contribution in [3.05, 3.63) is 57.9 Å². The van der Waals surface area contributed by atoms with Gasteiger partial charge in [-0.25, -0.2) is 9.67 Å². The number of hydrogen-bond acceptors (Lipinski definition) is 5. The molecule has 0 bridgehead atoms. The van der Waals surface area contributed by atoms with E-state index in [9.17, 15) is 4.79 Å². The van der Waals surface area contributed by atoms with Gasteiger partial charge in [-0.15, -0.1) is 16.4 Å². The highest BCUT2D eigenvalue weighted by Crippen LogP contribution is 2.28. The van der Waals surface area contributed by atoms with Crippen LogP contribution in [0.3, 0.4) is 0 Å². The van der Waals surface area contributed by atoms with Crippen LogP contribution in [0, 0.1) is 13.8 Å². The van der Waals surface area contributed by atoms with Crippen molar-refractivity contribution in [2.45, 2.75) is 13.8 Å². The standard InChI is InChI=1S/C19H17N5OS/c1-11-17(20-12(2)26-11)13-6-4-7-14(10-13)19(25)21-15-8-5-9-16-18(15)22-23-24(16)3/h4-10H,1-3H3,(H,21,25). The van der Waals surface area contributed by atoms with E-state index in [2.05, 4.69) is 20.6 Å². The average Bonchev–Trinajstić information content (AvgIpc) is 3.18. The lowest BCUT2D eigenvalue weighted by Gasteiger charge is -2.07. The van der Waals surface area contributed by atoms with E-state index in [1.165, 1.54) is 0 Å². The highest BCUT2D eigenvalue weighted by molar-refractivity contribution is 7.11. The summed E-state index contributed by atoms with van der Waals surface area (Å²) in [5.41, 5.74) is 4.63. The zero-order valence-corrected chi connectivity index (χ0v) is 15.5. The second kappa shape index (κ2) is 6.34. The minimum atomic E-state index is -0.186. The van der Waals surface area contributed by atoms with Gasteiger partial charge < -0.3 is 5.32 Å². The number of benzene rings is 2. The van der Waals surface area contributed by atoms with Crippen LogP contribution in [-0.4, -0.2) is 25.9 Å². The fourth-order valence-corrected chi connectivity index (χ4v) is 3.80. The summed E-state index contributed by atoms with van der Waals surface area (Å²) in [6, 6.07) is 13.1. The maximum absolute atomic E-state index is 12.8. The average molecular weight is 363 g/mol. The number of aryl methyl sites for hydroxylation is 3. The van der Waals surface area contributed by atoms with Crippen LogP contribution >= 0.6 is 11.3 Å². The van der Waals surface area contributed by atoms with Crippen LogP contribution in [0.2, 0.25) is 0 Å². The fourth-order valence-electron chi connectivity index (χ4n) is 2.96. The normalized spacial score (nSPS) is 11.0. The van der Waals surface area contributed by atoms with E-state index in [-0.39, 0.29) is 5.91 Å². The molecule has 0 aliphatic heterocycles. The molecule has 2 heterocycles. The van der Waals surface area contributed by atoms with Crippen LogP contribution in [0.5, 0.6) is 0 Å². The number of thiazole rings is 1. The molecule has 0 aliphatic carbocycles. The van der Waals surface area contributed by atoms with Gasteiger partial charge in [0.2, 0.25) is 0 Å². The number of carbonyl (C=O) groups is 1. The van der Waals surface area contributed by atoms with Crippen LogP contribution in [0.4, 0.5) is 5.69 Å². The van der Waals surface area contributed by atoms with E-state index in [0.717, 1.165) is 26.7 Å². The number of amides is 1. The highest BCUT2D eigenvalue weighted by Gasteiger charge is 2.14. The van der Waals surface area contributed by atoms with Gasteiger partial charge >= 0.3 is 0 Å². The van der Waals surface area contributed by atoms with Gasteiger partial charge in [-0.2, -0.15) is 0 Å². The molecule has 0 saturated heterocycles. The van der Waals surface area contributed by atoms with Gasteiger partial charge in [0.15, 0.2) is 0 Å². The van der Waals surface area contributed by atoms with Crippen molar-refractivity contribution in [2.24, 2.45) is 7.05 Å². The van der Waals surface area contributed by atoms with E-state index >= 15 is 0 Å². The number of nitrogens with zero attached hydrogens (tertiary/aromatic N) is 4. The van der Waals surface area contributed by atoms with Gasteiger partial charge in [0.05, 0.1) is 21.9 Å². The number of rotatable bonds is 3. The molecule has 26 heavy (non-hydrogen) atoms. The van der Waals surface area contributed by atoms with Crippen LogP contribution in [0.1, 0.15) is 20.2 Å². The van der Waals surface area contributed by atoms with E-state index in [1.54, 1.807) is 22.1 Å². The van der Waals surface area contributed by atoms with Crippen molar-refractivity contribution in [1.29, 1.82) is 0 Å². The zero-order chi connectivity index (χ0) is 18.3. The van der Waals surface area contributed by atoms with Crippen LogP contribution in [0.25, 0.3) is 22.3 Å². The van der Waals surface area contributed by atoms with Gasteiger partial charge in [-0.05, 0) is 38.1 Å². The maximum atomic E-state index is 12.8. The summed E-state index contributed by atoms with van der Waals surface area (Å²) in [6.45, 7) is 4.03.